The summed E-state index contributed by atoms with van der Waals surface area (Å²) in [6.07, 6.45) is 4.68. The van der Waals surface area contributed by atoms with Gasteiger partial charge in [0.1, 0.15) is 0 Å². The first-order chi connectivity index (χ1) is 9.42. The molecule has 2 rings (SSSR count). The van der Waals surface area contributed by atoms with Gasteiger partial charge in [-0.1, -0.05) is 0 Å². The molecule has 2 heterocycles. The van der Waals surface area contributed by atoms with Crippen LogP contribution in [0.5, 0.6) is 0 Å². The summed E-state index contributed by atoms with van der Waals surface area (Å²) in [6, 6.07) is 0.352. The highest BCUT2D eigenvalue weighted by Gasteiger charge is 2.37. The molecule has 2 aliphatic rings. The van der Waals surface area contributed by atoms with Crippen molar-refractivity contribution in [3.8, 4) is 0 Å². The van der Waals surface area contributed by atoms with Crippen molar-refractivity contribution in [1.29, 1.82) is 0 Å². The number of carbonyl (C=O) groups is 2. The monoisotopic (exact) mass is 282 g/mol. The van der Waals surface area contributed by atoms with Gasteiger partial charge in [0.05, 0.1) is 12.0 Å². The Morgan fingerprint density at radius 2 is 1.85 bits per heavy atom. The molecule has 2 fully saturated rings. The van der Waals surface area contributed by atoms with Crippen LogP contribution in [0.1, 0.15) is 46.0 Å². The third kappa shape index (κ3) is 3.32. The molecule has 2 saturated heterocycles. The number of carboxylic acid groups (broad SMARTS) is 1. The van der Waals surface area contributed by atoms with E-state index in [2.05, 4.69) is 11.8 Å². The Hall–Kier alpha value is -1.10. The van der Waals surface area contributed by atoms with Crippen molar-refractivity contribution >= 4 is 11.9 Å². The Labute approximate surface area is 120 Å². The maximum Gasteiger partial charge on any atom is 0.309 e. The Kier molecular flexibility index (Phi) is 4.68. The van der Waals surface area contributed by atoms with E-state index in [1.54, 1.807) is 6.92 Å². The number of amides is 1. The summed E-state index contributed by atoms with van der Waals surface area (Å²) in [7, 11) is 0. The standard InChI is InChI=1S/C15H26N2O3/c1-12-5-3-4-8-17(12)13(18)11-16-9-6-15(2,7-10-16)14(19)20/h12H,3-11H2,1-2H3,(H,19,20). The zero-order chi connectivity index (χ0) is 14.8. The van der Waals surface area contributed by atoms with Crippen LogP contribution >= 0.6 is 0 Å². The van der Waals surface area contributed by atoms with Crippen LogP contribution in [0.25, 0.3) is 0 Å². The normalized spacial score (nSPS) is 27.3. The molecule has 20 heavy (non-hydrogen) atoms. The molecule has 1 atom stereocenters. The van der Waals surface area contributed by atoms with Crippen LogP contribution in [0.3, 0.4) is 0 Å². The van der Waals surface area contributed by atoms with Crippen LogP contribution in [0.4, 0.5) is 0 Å². The molecule has 0 aromatic rings. The highest BCUT2D eigenvalue weighted by molar-refractivity contribution is 5.79. The predicted molar refractivity (Wildman–Crippen MR) is 76.4 cm³/mol. The number of likely N-dealkylation sites (tertiary alicyclic amines) is 2. The lowest BCUT2D eigenvalue weighted by atomic mass is 9.80. The zero-order valence-corrected chi connectivity index (χ0v) is 12.6. The van der Waals surface area contributed by atoms with Crippen molar-refractivity contribution in [2.24, 2.45) is 5.41 Å². The first kappa shape index (κ1) is 15.3. The number of carbonyl (C=O) groups excluding carboxylic acids is 1. The van der Waals surface area contributed by atoms with Crippen molar-refractivity contribution in [2.75, 3.05) is 26.2 Å². The average molecular weight is 282 g/mol. The molecule has 5 nitrogen and oxygen atoms in total. The van der Waals surface area contributed by atoms with Crippen LogP contribution in [0.2, 0.25) is 0 Å². The van der Waals surface area contributed by atoms with E-state index in [-0.39, 0.29) is 5.91 Å². The molecule has 0 bridgehead atoms. The molecule has 0 aliphatic carbocycles. The first-order valence-electron chi connectivity index (χ1n) is 7.67. The van der Waals surface area contributed by atoms with Crippen molar-refractivity contribution in [3.63, 3.8) is 0 Å². The molecule has 5 heteroatoms. The summed E-state index contributed by atoms with van der Waals surface area (Å²) in [5.41, 5.74) is -0.613. The molecule has 1 N–H and O–H groups in total. The van der Waals surface area contributed by atoms with E-state index < -0.39 is 11.4 Å². The second-order valence-corrected chi connectivity index (χ2v) is 6.57. The number of hydrogen-bond donors (Lipinski definition) is 1. The number of carboxylic acids is 1. The Balaban J connectivity index is 1.83. The van der Waals surface area contributed by atoms with Crippen LogP contribution in [-0.2, 0) is 9.59 Å². The quantitative estimate of drug-likeness (QED) is 0.853. The summed E-state index contributed by atoms with van der Waals surface area (Å²) in [6.45, 7) is 6.66. The van der Waals surface area contributed by atoms with Crippen molar-refractivity contribution in [3.05, 3.63) is 0 Å². The van der Waals surface area contributed by atoms with E-state index in [4.69, 9.17) is 0 Å². The molecule has 1 unspecified atom stereocenters. The van der Waals surface area contributed by atoms with Gasteiger partial charge in [0.25, 0.3) is 0 Å². The van der Waals surface area contributed by atoms with Gasteiger partial charge in [0, 0.05) is 12.6 Å². The molecule has 1 amide bonds. The fourth-order valence-corrected chi connectivity index (χ4v) is 3.17. The van der Waals surface area contributed by atoms with Crippen LogP contribution in [0, 0.1) is 5.41 Å². The third-order valence-electron chi connectivity index (χ3n) is 4.96. The summed E-state index contributed by atoms with van der Waals surface area (Å²) in [5.74, 6) is -0.510. The zero-order valence-electron chi connectivity index (χ0n) is 12.6. The molecule has 0 aromatic heterocycles. The van der Waals surface area contributed by atoms with Gasteiger partial charge in [-0.25, -0.2) is 0 Å². The van der Waals surface area contributed by atoms with Crippen molar-refractivity contribution in [1.82, 2.24) is 9.80 Å². The summed E-state index contributed by atoms with van der Waals surface area (Å²) < 4.78 is 0. The van der Waals surface area contributed by atoms with Gasteiger partial charge >= 0.3 is 5.97 Å². The van der Waals surface area contributed by atoms with Crippen LogP contribution in [-0.4, -0.2) is 59.0 Å². The molecular weight excluding hydrogens is 256 g/mol. The SMILES string of the molecule is CC1CCCCN1C(=O)CN1CCC(C)(C(=O)O)CC1. The second kappa shape index (κ2) is 6.12. The minimum atomic E-state index is -0.715. The molecule has 2 aliphatic heterocycles. The number of aliphatic carboxylic acids is 1. The number of nitrogens with zero attached hydrogens (tertiary/aromatic N) is 2. The topological polar surface area (TPSA) is 60.9 Å². The maximum absolute atomic E-state index is 12.3. The van der Waals surface area contributed by atoms with Crippen LogP contribution < -0.4 is 0 Å². The third-order valence-corrected chi connectivity index (χ3v) is 4.96. The van der Waals surface area contributed by atoms with E-state index in [0.29, 0.717) is 38.5 Å². The molecule has 114 valence electrons. The van der Waals surface area contributed by atoms with Gasteiger partial charge in [-0.2, -0.15) is 0 Å². The van der Waals surface area contributed by atoms with Gasteiger partial charge in [-0.05, 0) is 59.0 Å². The lowest BCUT2D eigenvalue weighted by Crippen LogP contribution is -2.50. The van der Waals surface area contributed by atoms with Crippen molar-refractivity contribution < 1.29 is 14.7 Å². The lowest BCUT2D eigenvalue weighted by Gasteiger charge is -2.39. The summed E-state index contributed by atoms with van der Waals surface area (Å²) in [5, 5.41) is 9.21. The number of rotatable bonds is 3. The molecule has 0 radical (unpaired) electrons. The maximum atomic E-state index is 12.3. The summed E-state index contributed by atoms with van der Waals surface area (Å²) >= 11 is 0. The van der Waals surface area contributed by atoms with Crippen LogP contribution in [0.15, 0.2) is 0 Å². The molecular formula is C15H26N2O3. The van der Waals surface area contributed by atoms with E-state index in [1.807, 2.05) is 4.90 Å². The van der Waals surface area contributed by atoms with E-state index in [9.17, 15) is 14.7 Å². The number of piperidine rings is 2. The Morgan fingerprint density at radius 1 is 1.20 bits per heavy atom. The minimum absolute atomic E-state index is 0.205. The van der Waals surface area contributed by atoms with Gasteiger partial charge < -0.3 is 10.0 Å². The van der Waals surface area contributed by atoms with Gasteiger partial charge in [0.2, 0.25) is 5.91 Å². The van der Waals surface area contributed by atoms with Crippen molar-refractivity contribution in [2.45, 2.75) is 52.0 Å². The van der Waals surface area contributed by atoms with E-state index in [0.717, 1.165) is 19.4 Å². The van der Waals surface area contributed by atoms with E-state index in [1.165, 1.54) is 6.42 Å². The van der Waals surface area contributed by atoms with Gasteiger partial charge in [0.15, 0.2) is 0 Å². The fourth-order valence-electron chi connectivity index (χ4n) is 3.17. The van der Waals surface area contributed by atoms with Gasteiger partial charge in [-0.15, -0.1) is 0 Å². The summed E-state index contributed by atoms with van der Waals surface area (Å²) in [4.78, 5) is 27.6. The smallest absolute Gasteiger partial charge is 0.309 e. The highest BCUT2D eigenvalue weighted by atomic mass is 16.4. The highest BCUT2D eigenvalue weighted by Crippen LogP contribution is 2.31. The Morgan fingerprint density at radius 3 is 2.40 bits per heavy atom. The average Bonchev–Trinajstić information content (AvgIpc) is 2.42. The largest absolute Gasteiger partial charge is 0.481 e. The molecule has 0 saturated carbocycles. The predicted octanol–water partition coefficient (Wildman–Crippen LogP) is 1.57. The van der Waals surface area contributed by atoms with E-state index >= 15 is 0 Å². The Bertz CT molecular complexity index is 375. The molecule has 0 aromatic carbocycles. The minimum Gasteiger partial charge on any atom is -0.481 e. The molecule has 0 spiro atoms. The first-order valence-corrected chi connectivity index (χ1v) is 7.67. The fraction of sp³-hybridized carbons (Fsp3) is 0.867. The lowest BCUT2D eigenvalue weighted by molar-refractivity contribution is -0.151. The second-order valence-electron chi connectivity index (χ2n) is 6.57. The van der Waals surface area contributed by atoms with Gasteiger partial charge in [-0.3, -0.25) is 14.5 Å². The number of hydrogen-bond acceptors (Lipinski definition) is 3.